The molecule has 146 valence electrons. The molecule has 0 radical (unpaired) electrons. The zero-order valence-electron chi connectivity index (χ0n) is 16.0. The highest BCUT2D eigenvalue weighted by atomic mass is 32.2. The Morgan fingerprint density at radius 1 is 1.33 bits per heavy atom. The summed E-state index contributed by atoms with van der Waals surface area (Å²) in [6.45, 7) is 6.02. The van der Waals surface area contributed by atoms with Crippen molar-refractivity contribution in [2.45, 2.75) is 51.1 Å². The molecule has 1 aliphatic carbocycles. The molecular formula is C18H24N4O3S2. The van der Waals surface area contributed by atoms with Crippen molar-refractivity contribution < 1.29 is 14.3 Å². The van der Waals surface area contributed by atoms with E-state index in [0.29, 0.717) is 29.5 Å². The van der Waals surface area contributed by atoms with Crippen LogP contribution in [0.25, 0.3) is 0 Å². The van der Waals surface area contributed by atoms with E-state index in [-0.39, 0.29) is 17.6 Å². The largest absolute Gasteiger partial charge is 0.462 e. The van der Waals surface area contributed by atoms with Gasteiger partial charge >= 0.3 is 5.97 Å². The summed E-state index contributed by atoms with van der Waals surface area (Å²) < 4.78 is 7.13. The van der Waals surface area contributed by atoms with Gasteiger partial charge in [-0.05, 0) is 38.7 Å². The molecule has 3 rings (SSSR count). The number of hydrogen-bond donors (Lipinski definition) is 1. The lowest BCUT2D eigenvalue weighted by Gasteiger charge is -2.08. The summed E-state index contributed by atoms with van der Waals surface area (Å²) in [5.41, 5.74) is 1.42. The second-order valence-corrected chi connectivity index (χ2v) is 8.59. The van der Waals surface area contributed by atoms with Gasteiger partial charge in [0, 0.05) is 17.8 Å². The molecule has 2 aromatic rings. The topological polar surface area (TPSA) is 86.1 Å². The maximum Gasteiger partial charge on any atom is 0.341 e. The molecule has 0 unspecified atom stereocenters. The van der Waals surface area contributed by atoms with Crippen molar-refractivity contribution in [1.82, 2.24) is 14.8 Å². The summed E-state index contributed by atoms with van der Waals surface area (Å²) in [6, 6.07) is 0. The monoisotopic (exact) mass is 408 g/mol. The smallest absolute Gasteiger partial charge is 0.341 e. The van der Waals surface area contributed by atoms with Gasteiger partial charge < -0.3 is 14.6 Å². The van der Waals surface area contributed by atoms with Crippen molar-refractivity contribution in [2.24, 2.45) is 7.05 Å². The fourth-order valence-corrected chi connectivity index (χ4v) is 4.82. The lowest BCUT2D eigenvalue weighted by Crippen LogP contribution is -2.17. The van der Waals surface area contributed by atoms with Gasteiger partial charge in [0.1, 0.15) is 10.8 Å². The minimum atomic E-state index is -0.385. The number of aromatic nitrogens is 3. The number of aryl methyl sites for hydroxylation is 1. The molecule has 27 heavy (non-hydrogen) atoms. The second-order valence-electron chi connectivity index (χ2n) is 6.43. The van der Waals surface area contributed by atoms with Gasteiger partial charge in [-0.25, -0.2) is 4.79 Å². The molecule has 1 aliphatic rings. The summed E-state index contributed by atoms with van der Waals surface area (Å²) in [6.07, 6.45) is 3.03. The Morgan fingerprint density at radius 3 is 2.70 bits per heavy atom. The number of nitrogens with one attached hydrogen (secondary N) is 1. The van der Waals surface area contributed by atoms with Gasteiger partial charge in [0.05, 0.1) is 17.9 Å². The van der Waals surface area contributed by atoms with Crippen molar-refractivity contribution in [3.05, 3.63) is 21.8 Å². The van der Waals surface area contributed by atoms with E-state index in [0.717, 1.165) is 34.3 Å². The number of rotatable bonds is 8. The lowest BCUT2D eigenvalue weighted by atomic mass is 10.1. The van der Waals surface area contributed by atoms with E-state index in [2.05, 4.69) is 15.5 Å². The number of carbonyl (C=O) groups excluding carboxylic acids is 2. The van der Waals surface area contributed by atoms with Crippen LogP contribution in [-0.4, -0.2) is 39.0 Å². The van der Waals surface area contributed by atoms with Crippen LogP contribution in [-0.2, 0) is 23.0 Å². The van der Waals surface area contributed by atoms with E-state index < -0.39 is 0 Å². The van der Waals surface area contributed by atoms with Gasteiger partial charge in [0.25, 0.3) is 0 Å². The number of thioether (sulfide) groups is 1. The van der Waals surface area contributed by atoms with Gasteiger partial charge in [0.15, 0.2) is 5.16 Å². The molecule has 7 nitrogen and oxygen atoms in total. The second kappa shape index (κ2) is 8.43. The number of carbonyl (C=O) groups is 2. The summed E-state index contributed by atoms with van der Waals surface area (Å²) in [5.74, 6) is 1.15. The van der Waals surface area contributed by atoms with E-state index >= 15 is 0 Å². The summed E-state index contributed by atoms with van der Waals surface area (Å²) in [7, 11) is 1.93. The van der Waals surface area contributed by atoms with Crippen LogP contribution in [0.3, 0.4) is 0 Å². The minimum Gasteiger partial charge on any atom is -0.462 e. The average molecular weight is 409 g/mol. The number of nitrogens with zero attached hydrogens (tertiary/aromatic N) is 3. The van der Waals surface area contributed by atoms with Crippen molar-refractivity contribution in [3.63, 3.8) is 0 Å². The molecule has 2 aromatic heterocycles. The predicted molar refractivity (Wildman–Crippen MR) is 107 cm³/mol. The summed E-state index contributed by atoms with van der Waals surface area (Å²) in [5, 5.41) is 12.6. The van der Waals surface area contributed by atoms with Crippen LogP contribution in [0.2, 0.25) is 0 Å². The lowest BCUT2D eigenvalue weighted by molar-refractivity contribution is -0.113. The summed E-state index contributed by atoms with van der Waals surface area (Å²) in [4.78, 5) is 25.8. The standard InChI is InChI=1S/C18H24N4O3S2/c1-5-12-10(3)27-16(14(12)17(24)25-6-2)19-13(23)9-26-18-21-20-15(22(18)4)11-7-8-11/h11H,5-9H2,1-4H3,(H,19,23). The van der Waals surface area contributed by atoms with Crippen LogP contribution in [0.5, 0.6) is 0 Å². The Balaban J connectivity index is 1.68. The fourth-order valence-electron chi connectivity index (χ4n) is 2.95. The fraction of sp³-hybridized carbons (Fsp3) is 0.556. The van der Waals surface area contributed by atoms with Crippen LogP contribution in [0.1, 0.15) is 59.2 Å². The number of hydrogen-bond acceptors (Lipinski definition) is 7. The van der Waals surface area contributed by atoms with Crippen molar-refractivity contribution in [3.8, 4) is 0 Å². The number of amides is 1. The minimum absolute atomic E-state index is 0.176. The van der Waals surface area contributed by atoms with Crippen molar-refractivity contribution in [1.29, 1.82) is 0 Å². The van der Waals surface area contributed by atoms with Gasteiger partial charge in [-0.15, -0.1) is 21.5 Å². The molecule has 0 saturated heterocycles. The normalized spacial score (nSPS) is 13.6. The predicted octanol–water partition coefficient (Wildman–Crippen LogP) is 3.53. The van der Waals surface area contributed by atoms with Crippen LogP contribution in [0.4, 0.5) is 5.00 Å². The van der Waals surface area contributed by atoms with Crippen LogP contribution < -0.4 is 5.32 Å². The molecule has 2 heterocycles. The Bertz CT molecular complexity index is 855. The van der Waals surface area contributed by atoms with Crippen molar-refractivity contribution >= 4 is 40.0 Å². The number of anilines is 1. The van der Waals surface area contributed by atoms with Gasteiger partial charge in [-0.3, -0.25) is 4.79 Å². The van der Waals surface area contributed by atoms with Gasteiger partial charge in [-0.1, -0.05) is 18.7 Å². The van der Waals surface area contributed by atoms with Gasteiger partial charge in [-0.2, -0.15) is 0 Å². The van der Waals surface area contributed by atoms with E-state index in [1.54, 1.807) is 6.92 Å². The molecule has 9 heteroatoms. The number of ether oxygens (including phenoxy) is 1. The molecule has 1 saturated carbocycles. The van der Waals surface area contributed by atoms with Crippen molar-refractivity contribution in [2.75, 3.05) is 17.7 Å². The van der Waals surface area contributed by atoms with E-state index in [1.165, 1.54) is 23.1 Å². The van der Waals surface area contributed by atoms with Crippen LogP contribution in [0.15, 0.2) is 5.16 Å². The molecule has 0 aliphatic heterocycles. The Morgan fingerprint density at radius 2 is 2.07 bits per heavy atom. The maximum atomic E-state index is 12.5. The first-order valence-electron chi connectivity index (χ1n) is 9.07. The zero-order chi connectivity index (χ0) is 19.6. The third kappa shape index (κ3) is 4.35. The number of thiophene rings is 1. The Kier molecular flexibility index (Phi) is 6.21. The first-order valence-corrected chi connectivity index (χ1v) is 10.9. The van der Waals surface area contributed by atoms with E-state index in [9.17, 15) is 9.59 Å². The molecule has 0 spiro atoms. The van der Waals surface area contributed by atoms with E-state index in [1.807, 2.05) is 25.5 Å². The Labute approximate surface area is 166 Å². The average Bonchev–Trinajstić information content (AvgIpc) is 3.33. The highest BCUT2D eigenvalue weighted by Crippen LogP contribution is 2.39. The van der Waals surface area contributed by atoms with Crippen LogP contribution >= 0.6 is 23.1 Å². The first kappa shape index (κ1) is 19.9. The molecule has 0 aromatic carbocycles. The van der Waals surface area contributed by atoms with Gasteiger partial charge in [0.2, 0.25) is 5.91 Å². The maximum absolute atomic E-state index is 12.5. The molecule has 1 N–H and O–H groups in total. The SMILES string of the molecule is CCOC(=O)c1c(NC(=O)CSc2nnc(C3CC3)n2C)sc(C)c1CC. The highest BCUT2D eigenvalue weighted by molar-refractivity contribution is 7.99. The molecule has 1 amide bonds. The van der Waals surface area contributed by atoms with E-state index in [4.69, 9.17) is 4.74 Å². The quantitative estimate of drug-likeness (QED) is 0.531. The highest BCUT2D eigenvalue weighted by Gasteiger charge is 2.29. The molecule has 0 atom stereocenters. The third-order valence-corrected chi connectivity index (χ3v) is 6.52. The third-order valence-electron chi connectivity index (χ3n) is 4.44. The first-order chi connectivity index (χ1) is 13.0. The number of esters is 1. The summed E-state index contributed by atoms with van der Waals surface area (Å²) >= 11 is 2.76. The molecule has 0 bridgehead atoms. The zero-order valence-corrected chi connectivity index (χ0v) is 17.6. The van der Waals surface area contributed by atoms with Crippen LogP contribution in [0, 0.1) is 6.92 Å². The Hall–Kier alpha value is -1.87. The molecular weight excluding hydrogens is 384 g/mol. The molecule has 1 fully saturated rings.